The van der Waals surface area contributed by atoms with Gasteiger partial charge in [-0.05, 0) is 5.92 Å². The van der Waals surface area contributed by atoms with E-state index >= 15 is 0 Å². The topological polar surface area (TPSA) is 141 Å². The number of aliphatic hydroxyl groups is 1. The number of alkyl halides is 9. The maximum Gasteiger partial charge on any atom is 0.453 e. The van der Waals surface area contributed by atoms with Crippen LogP contribution in [0.5, 0.6) is 0 Å². The zero-order valence-electron chi connectivity index (χ0n) is 16.2. The Kier molecular flexibility index (Phi) is 18.7. The van der Waals surface area contributed by atoms with Crippen LogP contribution in [0.4, 0.5) is 39.5 Å². The van der Waals surface area contributed by atoms with Crippen LogP contribution < -0.4 is 5.73 Å². The molecule has 0 rings (SSSR count). The van der Waals surface area contributed by atoms with Gasteiger partial charge in [-0.2, -0.15) is 30.7 Å². The lowest BCUT2D eigenvalue weighted by molar-refractivity contribution is -0.294. The van der Waals surface area contributed by atoms with Gasteiger partial charge in [0.25, 0.3) is 0 Å². The monoisotopic (exact) mass is 503 g/mol. The third-order valence-electron chi connectivity index (χ3n) is 2.71. The van der Waals surface area contributed by atoms with Crippen molar-refractivity contribution in [2.45, 2.75) is 37.6 Å². The van der Waals surface area contributed by atoms with Crippen LogP contribution in [0.25, 0.3) is 0 Å². The van der Waals surface area contributed by atoms with E-state index in [9.17, 15) is 54.2 Å². The summed E-state index contributed by atoms with van der Waals surface area (Å²) in [6.07, 6.45) is -7.99. The number of esters is 1. The number of rotatable bonds is 7. The molecule has 1 atom stereocenters. The molecule has 31 heavy (non-hydrogen) atoms. The summed E-state index contributed by atoms with van der Waals surface area (Å²) in [7, 11) is 1.22. The summed E-state index contributed by atoms with van der Waals surface area (Å²) in [6.45, 7) is 1.71. The number of carbonyl (C=O) groups is 2. The first-order chi connectivity index (χ1) is 13.3. The van der Waals surface area contributed by atoms with E-state index < -0.39 is 60.5 Å². The minimum atomic E-state index is -6.04. The summed E-state index contributed by atoms with van der Waals surface area (Å²) >= 11 is -1.34. The van der Waals surface area contributed by atoms with Gasteiger partial charge in [0, 0.05) is 6.08 Å². The van der Waals surface area contributed by atoms with E-state index in [1.54, 1.807) is 13.8 Å². The molecule has 0 saturated heterocycles. The van der Waals surface area contributed by atoms with Crippen molar-refractivity contribution in [2.75, 3.05) is 14.0 Å². The SMILES string of the molecule is COC(=O)C(/C(O)=C/C(N)=O)C(C)C.FCF.O.OSC(F)(F)CC(F)(F)C(F)(F)F. The van der Waals surface area contributed by atoms with E-state index in [4.69, 9.17) is 10.3 Å². The zero-order chi connectivity index (χ0) is 24.9. The van der Waals surface area contributed by atoms with Crippen LogP contribution in [0, 0.1) is 11.8 Å². The Morgan fingerprint density at radius 3 is 1.71 bits per heavy atom. The van der Waals surface area contributed by atoms with E-state index in [1.165, 1.54) is 7.11 Å². The average Bonchev–Trinajstić information content (AvgIpc) is 2.53. The molecule has 17 heteroatoms. The molecular formula is C14H22F9NO6S. The number of aliphatic hydroxyl groups excluding tert-OH is 1. The van der Waals surface area contributed by atoms with Gasteiger partial charge in [0.05, 0.1) is 25.6 Å². The molecular weight excluding hydrogens is 481 g/mol. The highest BCUT2D eigenvalue weighted by Gasteiger charge is 2.62. The lowest BCUT2D eigenvalue weighted by atomic mass is 9.93. The van der Waals surface area contributed by atoms with Crippen molar-refractivity contribution in [1.82, 2.24) is 0 Å². The Hall–Kier alpha value is -1.88. The molecule has 0 fully saturated rings. The van der Waals surface area contributed by atoms with Crippen molar-refractivity contribution in [2.24, 2.45) is 17.6 Å². The summed E-state index contributed by atoms with van der Waals surface area (Å²) in [4.78, 5) is 21.7. The van der Waals surface area contributed by atoms with Crippen LogP contribution in [0.15, 0.2) is 11.8 Å². The maximum absolute atomic E-state index is 11.9. The van der Waals surface area contributed by atoms with E-state index in [0.717, 1.165) is 6.08 Å². The molecule has 0 aliphatic carbocycles. The summed E-state index contributed by atoms with van der Waals surface area (Å²) in [6, 6.07) is 0. The van der Waals surface area contributed by atoms with E-state index in [-0.39, 0.29) is 17.2 Å². The van der Waals surface area contributed by atoms with Crippen LogP contribution >= 0.6 is 12.0 Å². The molecule has 7 nitrogen and oxygen atoms in total. The first kappa shape index (κ1) is 36.5. The predicted octanol–water partition coefficient (Wildman–Crippen LogP) is 3.79. The molecule has 0 saturated carbocycles. The summed E-state index contributed by atoms with van der Waals surface area (Å²) in [5, 5.41) is 4.90. The van der Waals surface area contributed by atoms with Gasteiger partial charge in [-0.25, -0.2) is 8.78 Å². The normalized spacial score (nSPS) is 13.0. The third kappa shape index (κ3) is 16.5. The largest absolute Gasteiger partial charge is 0.511 e. The number of hydrogen-bond acceptors (Lipinski definition) is 6. The van der Waals surface area contributed by atoms with Crippen molar-refractivity contribution in [1.29, 1.82) is 0 Å². The number of ether oxygens (including phenoxy) is 1. The second kappa shape index (κ2) is 15.9. The van der Waals surface area contributed by atoms with Crippen molar-refractivity contribution in [3.63, 3.8) is 0 Å². The second-order valence-corrected chi connectivity index (χ2v) is 6.20. The summed E-state index contributed by atoms with van der Waals surface area (Å²) in [5.74, 6) is -8.26. The lowest BCUT2D eigenvalue weighted by Crippen LogP contribution is -2.40. The van der Waals surface area contributed by atoms with Crippen LogP contribution in [0.3, 0.4) is 0 Å². The Morgan fingerprint density at radius 2 is 1.48 bits per heavy atom. The maximum atomic E-state index is 11.9. The molecule has 0 aromatic rings. The highest BCUT2D eigenvalue weighted by Crippen LogP contribution is 2.45. The number of carbonyl (C=O) groups excluding carboxylic acids is 2. The number of halogens is 9. The van der Waals surface area contributed by atoms with Gasteiger partial charge < -0.3 is 25.6 Å². The number of primary amides is 1. The van der Waals surface area contributed by atoms with Crippen LogP contribution in [-0.2, 0) is 14.3 Å². The van der Waals surface area contributed by atoms with Gasteiger partial charge >= 0.3 is 23.3 Å². The molecule has 0 radical (unpaired) electrons. The Balaban J connectivity index is -0.000000203. The van der Waals surface area contributed by atoms with Gasteiger partial charge in [0.2, 0.25) is 12.8 Å². The average molecular weight is 503 g/mol. The molecule has 0 bridgehead atoms. The smallest absolute Gasteiger partial charge is 0.453 e. The van der Waals surface area contributed by atoms with Gasteiger partial charge in [0.1, 0.15) is 11.7 Å². The molecule has 0 heterocycles. The molecule has 0 aromatic carbocycles. The minimum absolute atomic E-state index is 0. The number of methoxy groups -OCH3 is 1. The Bertz CT molecular complexity index is 559. The van der Waals surface area contributed by atoms with Crippen LogP contribution in [-0.4, -0.2) is 58.4 Å². The first-order valence-corrected chi connectivity index (χ1v) is 8.15. The molecule has 0 aliphatic heterocycles. The first-order valence-electron chi connectivity index (χ1n) is 7.38. The van der Waals surface area contributed by atoms with Gasteiger partial charge in [-0.15, -0.1) is 0 Å². The fraction of sp³-hybridized carbons (Fsp3) is 0.714. The highest BCUT2D eigenvalue weighted by molar-refractivity contribution is 7.94. The predicted molar refractivity (Wildman–Crippen MR) is 91.7 cm³/mol. The van der Waals surface area contributed by atoms with Crippen molar-refractivity contribution in [3.05, 3.63) is 11.8 Å². The molecule has 0 spiro atoms. The second-order valence-electron chi connectivity index (χ2n) is 5.43. The highest BCUT2D eigenvalue weighted by atomic mass is 32.2. The number of amides is 1. The molecule has 0 aliphatic rings. The van der Waals surface area contributed by atoms with Crippen LogP contribution in [0.1, 0.15) is 20.3 Å². The van der Waals surface area contributed by atoms with Crippen LogP contribution in [0.2, 0.25) is 0 Å². The molecule has 1 amide bonds. The van der Waals surface area contributed by atoms with Crippen molar-refractivity contribution in [3.8, 4) is 0 Å². The van der Waals surface area contributed by atoms with E-state index in [0.29, 0.717) is 0 Å². The van der Waals surface area contributed by atoms with E-state index in [1.807, 2.05) is 0 Å². The summed E-state index contributed by atoms with van der Waals surface area (Å²) < 4.78 is 113. The lowest BCUT2D eigenvalue weighted by Gasteiger charge is -2.22. The number of nitrogens with two attached hydrogens (primary N) is 1. The Morgan fingerprint density at radius 1 is 1.10 bits per heavy atom. The van der Waals surface area contributed by atoms with Crippen molar-refractivity contribution < 1.29 is 69.0 Å². The minimum Gasteiger partial charge on any atom is -0.511 e. The molecule has 1 unspecified atom stereocenters. The van der Waals surface area contributed by atoms with Gasteiger partial charge in [0.15, 0.2) is 0 Å². The van der Waals surface area contributed by atoms with E-state index in [2.05, 4.69) is 4.74 Å². The number of hydrogen-bond donors (Lipinski definition) is 3. The molecule has 6 N–H and O–H groups in total. The zero-order valence-corrected chi connectivity index (χ0v) is 17.0. The molecule has 188 valence electrons. The molecule has 0 aromatic heterocycles. The standard InChI is InChI=1S/C9H15NO4.C4H3F7OS.CH2F2.H2O/c1-5(2)8(9(13)14-3)6(11)4-7(10)12;5-2(6,4(9,10)11)1-3(7,8)13-12;2-1-3;/h4-5,8,11H,1-3H3,(H2,10,12);12H,1H2;1H2;1H2/b6-4-;;;. The quantitative estimate of drug-likeness (QED) is 0.159. The fourth-order valence-corrected chi connectivity index (χ4v) is 1.73. The Labute approximate surface area is 174 Å². The summed E-state index contributed by atoms with van der Waals surface area (Å²) in [5.41, 5.74) is 4.85. The van der Waals surface area contributed by atoms with Gasteiger partial charge in [-0.3, -0.25) is 9.59 Å². The fourth-order valence-electron chi connectivity index (χ4n) is 1.49. The van der Waals surface area contributed by atoms with Crippen molar-refractivity contribution >= 4 is 23.9 Å². The third-order valence-corrected chi connectivity index (χ3v) is 3.12. The van der Waals surface area contributed by atoms with Gasteiger partial charge in [-0.1, -0.05) is 13.8 Å².